The Labute approximate surface area is 136 Å². The number of anilines is 1. The molecule has 1 atom stereocenters. The van der Waals surface area contributed by atoms with Gasteiger partial charge in [0.05, 0.1) is 6.04 Å². The van der Waals surface area contributed by atoms with Gasteiger partial charge in [0, 0.05) is 19.9 Å². The first-order chi connectivity index (χ1) is 9.58. The average molecular weight is 396 g/mol. The van der Waals surface area contributed by atoms with Crippen molar-refractivity contribution in [2.45, 2.75) is 6.04 Å². The summed E-state index contributed by atoms with van der Waals surface area (Å²) in [6.07, 6.45) is 0. The van der Waals surface area contributed by atoms with Gasteiger partial charge in [-0.15, -0.1) is 0 Å². The SMILES string of the molecule is C=C1C(=O)N(c2ccc(Cl)cc2)[C@@H]1c1ccc(I)cc1. The third-order valence-electron chi connectivity index (χ3n) is 3.37. The smallest absolute Gasteiger partial charge is 0.256 e. The predicted octanol–water partition coefficient (Wildman–Crippen LogP) is 4.59. The minimum Gasteiger partial charge on any atom is -0.297 e. The molecule has 0 aliphatic carbocycles. The van der Waals surface area contributed by atoms with Crippen molar-refractivity contribution >= 4 is 45.8 Å². The second-order valence-electron chi connectivity index (χ2n) is 4.63. The van der Waals surface area contributed by atoms with Crippen LogP contribution < -0.4 is 4.90 Å². The zero-order chi connectivity index (χ0) is 14.3. The maximum Gasteiger partial charge on any atom is 0.256 e. The van der Waals surface area contributed by atoms with Crippen LogP contribution in [0.4, 0.5) is 5.69 Å². The molecule has 1 saturated heterocycles. The fraction of sp³-hybridized carbons (Fsp3) is 0.0625. The van der Waals surface area contributed by atoms with E-state index < -0.39 is 0 Å². The van der Waals surface area contributed by atoms with Crippen LogP contribution in [0.15, 0.2) is 60.7 Å². The molecule has 0 bridgehead atoms. The number of rotatable bonds is 2. The van der Waals surface area contributed by atoms with Crippen LogP contribution in [0.25, 0.3) is 0 Å². The fourth-order valence-electron chi connectivity index (χ4n) is 2.34. The van der Waals surface area contributed by atoms with E-state index in [0.717, 1.165) is 11.3 Å². The standard InChI is InChI=1S/C16H11ClINO/c1-10-15(11-2-6-13(18)7-3-11)19(16(10)20)14-8-4-12(17)5-9-14/h2-9,15H,1H2/t15-/m0/s1. The molecule has 0 spiro atoms. The molecule has 2 aromatic carbocycles. The van der Waals surface area contributed by atoms with Crippen LogP contribution in [0.1, 0.15) is 11.6 Å². The van der Waals surface area contributed by atoms with Gasteiger partial charge in [-0.25, -0.2) is 0 Å². The van der Waals surface area contributed by atoms with Gasteiger partial charge in [0.25, 0.3) is 5.91 Å². The third kappa shape index (κ3) is 2.25. The molecule has 2 aromatic rings. The summed E-state index contributed by atoms with van der Waals surface area (Å²) in [4.78, 5) is 13.8. The molecule has 0 N–H and O–H groups in total. The Balaban J connectivity index is 1.97. The summed E-state index contributed by atoms with van der Waals surface area (Å²) < 4.78 is 1.17. The van der Waals surface area contributed by atoms with Crippen LogP contribution in [-0.4, -0.2) is 5.91 Å². The van der Waals surface area contributed by atoms with Crippen LogP contribution in [0.2, 0.25) is 5.02 Å². The van der Waals surface area contributed by atoms with Crippen molar-refractivity contribution in [3.05, 3.63) is 74.8 Å². The highest BCUT2D eigenvalue weighted by Gasteiger charge is 2.42. The summed E-state index contributed by atoms with van der Waals surface area (Å²) >= 11 is 8.15. The van der Waals surface area contributed by atoms with E-state index in [1.165, 1.54) is 3.57 Å². The Morgan fingerprint density at radius 3 is 2.25 bits per heavy atom. The van der Waals surface area contributed by atoms with Gasteiger partial charge in [-0.1, -0.05) is 30.3 Å². The van der Waals surface area contributed by atoms with Gasteiger partial charge >= 0.3 is 0 Å². The Bertz CT molecular complexity index is 617. The van der Waals surface area contributed by atoms with E-state index in [4.69, 9.17) is 11.6 Å². The zero-order valence-corrected chi connectivity index (χ0v) is 13.4. The van der Waals surface area contributed by atoms with Crippen molar-refractivity contribution in [3.8, 4) is 0 Å². The van der Waals surface area contributed by atoms with E-state index in [1.54, 1.807) is 17.0 Å². The van der Waals surface area contributed by atoms with Crippen LogP contribution in [0.5, 0.6) is 0 Å². The first-order valence-corrected chi connectivity index (χ1v) is 7.57. The molecule has 4 heteroatoms. The number of carbonyl (C=O) groups is 1. The maximum absolute atomic E-state index is 12.1. The van der Waals surface area contributed by atoms with Crippen molar-refractivity contribution in [2.24, 2.45) is 0 Å². The average Bonchev–Trinajstić information content (AvgIpc) is 2.46. The number of amides is 1. The van der Waals surface area contributed by atoms with Crippen molar-refractivity contribution in [1.82, 2.24) is 0 Å². The molecule has 1 heterocycles. The molecule has 2 nitrogen and oxygen atoms in total. The van der Waals surface area contributed by atoms with E-state index in [0.29, 0.717) is 10.6 Å². The van der Waals surface area contributed by atoms with Gasteiger partial charge in [0.2, 0.25) is 0 Å². The molecule has 0 saturated carbocycles. The Morgan fingerprint density at radius 2 is 1.65 bits per heavy atom. The van der Waals surface area contributed by atoms with Crippen molar-refractivity contribution in [2.75, 3.05) is 4.90 Å². The molecule has 20 heavy (non-hydrogen) atoms. The number of hydrogen-bond acceptors (Lipinski definition) is 1. The Hall–Kier alpha value is -1.33. The third-order valence-corrected chi connectivity index (χ3v) is 4.34. The lowest BCUT2D eigenvalue weighted by Gasteiger charge is -2.42. The maximum atomic E-state index is 12.1. The van der Waals surface area contributed by atoms with Gasteiger partial charge in [-0.05, 0) is 64.6 Å². The molecule has 100 valence electrons. The second kappa shape index (κ2) is 5.22. The van der Waals surface area contributed by atoms with Gasteiger partial charge < -0.3 is 0 Å². The predicted molar refractivity (Wildman–Crippen MR) is 90.0 cm³/mol. The van der Waals surface area contributed by atoms with Crippen LogP contribution in [0, 0.1) is 3.57 Å². The molecular formula is C16H11ClINO. The van der Waals surface area contributed by atoms with Gasteiger partial charge in [-0.3, -0.25) is 9.69 Å². The molecule has 3 rings (SSSR count). The largest absolute Gasteiger partial charge is 0.297 e. The minimum absolute atomic E-state index is 0.0316. The highest BCUT2D eigenvalue weighted by atomic mass is 127. The normalized spacial score (nSPS) is 18.1. The number of carbonyl (C=O) groups excluding carboxylic acids is 1. The molecule has 1 amide bonds. The number of benzene rings is 2. The number of halogens is 2. The van der Waals surface area contributed by atoms with Gasteiger partial charge in [-0.2, -0.15) is 0 Å². The highest BCUT2D eigenvalue weighted by molar-refractivity contribution is 14.1. The highest BCUT2D eigenvalue weighted by Crippen LogP contribution is 2.42. The summed E-state index contributed by atoms with van der Waals surface area (Å²) in [6.45, 7) is 3.90. The van der Waals surface area contributed by atoms with Gasteiger partial charge in [0.1, 0.15) is 0 Å². The zero-order valence-electron chi connectivity index (χ0n) is 10.5. The van der Waals surface area contributed by atoms with Crippen LogP contribution in [-0.2, 0) is 4.79 Å². The lowest BCUT2D eigenvalue weighted by atomic mass is 9.88. The Morgan fingerprint density at radius 1 is 1.05 bits per heavy atom. The Kier molecular flexibility index (Phi) is 3.56. The molecule has 1 aliphatic rings. The first-order valence-electron chi connectivity index (χ1n) is 6.11. The quantitative estimate of drug-likeness (QED) is 0.414. The van der Waals surface area contributed by atoms with E-state index in [-0.39, 0.29) is 11.9 Å². The minimum atomic E-state index is -0.0827. The summed E-state index contributed by atoms with van der Waals surface area (Å²) in [5, 5.41) is 0.659. The van der Waals surface area contributed by atoms with E-state index >= 15 is 0 Å². The van der Waals surface area contributed by atoms with Crippen molar-refractivity contribution in [3.63, 3.8) is 0 Å². The number of β-lactam (4-membered cyclic amide) rings is 1. The molecular weight excluding hydrogens is 385 g/mol. The van der Waals surface area contributed by atoms with Crippen molar-refractivity contribution < 1.29 is 4.79 Å². The molecule has 1 fully saturated rings. The molecule has 0 unspecified atom stereocenters. The summed E-state index contributed by atoms with van der Waals surface area (Å²) in [6, 6.07) is 15.3. The number of hydrogen-bond donors (Lipinski definition) is 0. The fourth-order valence-corrected chi connectivity index (χ4v) is 2.83. The van der Waals surface area contributed by atoms with Crippen molar-refractivity contribution in [1.29, 1.82) is 0 Å². The van der Waals surface area contributed by atoms with E-state index in [2.05, 4.69) is 29.2 Å². The van der Waals surface area contributed by atoms with Gasteiger partial charge in [0.15, 0.2) is 0 Å². The lowest BCUT2D eigenvalue weighted by molar-refractivity contribution is -0.118. The molecule has 1 aliphatic heterocycles. The van der Waals surface area contributed by atoms with Crippen LogP contribution in [0.3, 0.4) is 0 Å². The lowest BCUT2D eigenvalue weighted by Crippen LogP contribution is -2.48. The monoisotopic (exact) mass is 395 g/mol. The summed E-state index contributed by atoms with van der Waals surface area (Å²) in [5.41, 5.74) is 2.54. The summed E-state index contributed by atoms with van der Waals surface area (Å²) in [5.74, 6) is -0.0316. The second-order valence-corrected chi connectivity index (χ2v) is 6.31. The van der Waals surface area contributed by atoms with E-state index in [1.807, 2.05) is 36.4 Å². The first kappa shape index (κ1) is 13.6. The number of nitrogens with zero attached hydrogens (tertiary/aromatic N) is 1. The topological polar surface area (TPSA) is 20.3 Å². The molecule has 0 aromatic heterocycles. The van der Waals surface area contributed by atoms with Crippen LogP contribution >= 0.6 is 34.2 Å². The molecule has 0 radical (unpaired) electrons. The summed E-state index contributed by atoms with van der Waals surface area (Å²) in [7, 11) is 0. The van der Waals surface area contributed by atoms with E-state index in [9.17, 15) is 4.79 Å².